The van der Waals surface area contributed by atoms with Crippen molar-refractivity contribution in [2.24, 2.45) is 5.92 Å². The van der Waals surface area contributed by atoms with Gasteiger partial charge in [-0.2, -0.15) is 0 Å². The Morgan fingerprint density at radius 1 is 1.29 bits per heavy atom. The second-order valence-corrected chi connectivity index (χ2v) is 6.96. The van der Waals surface area contributed by atoms with Gasteiger partial charge >= 0.3 is 0 Å². The molecule has 1 fully saturated rings. The molecule has 0 amide bonds. The third-order valence-corrected chi connectivity index (χ3v) is 4.13. The van der Waals surface area contributed by atoms with Crippen LogP contribution in [0.15, 0.2) is 24.3 Å². The van der Waals surface area contributed by atoms with Gasteiger partial charge in [-0.25, -0.2) is 0 Å². The van der Waals surface area contributed by atoms with Crippen LogP contribution >= 0.6 is 0 Å². The number of likely N-dealkylation sites (tertiary alicyclic amines) is 1. The third-order valence-electron chi connectivity index (χ3n) is 4.13. The highest BCUT2D eigenvalue weighted by atomic mass is 16.5. The number of ether oxygens (including phenoxy) is 1. The highest BCUT2D eigenvalue weighted by molar-refractivity contribution is 5.53. The summed E-state index contributed by atoms with van der Waals surface area (Å²) in [5.74, 6) is 1.14. The zero-order valence-electron chi connectivity index (χ0n) is 13.5. The maximum atomic E-state index is 10.9. The van der Waals surface area contributed by atoms with Crippen LogP contribution in [-0.4, -0.2) is 37.4 Å². The number of piperidine rings is 1. The number of hydrogen-bond donors (Lipinski definition) is 0. The zero-order chi connectivity index (χ0) is 15.3. The molecule has 3 heteroatoms. The monoisotopic (exact) mass is 289 g/mol. The smallest absolute Gasteiger partial charge is 0.124 e. The molecule has 0 bridgehead atoms. The number of hydrogen-bond acceptors (Lipinski definition) is 3. The summed E-state index contributed by atoms with van der Waals surface area (Å²) >= 11 is 0. The van der Waals surface area contributed by atoms with Gasteiger partial charge in [0.2, 0.25) is 0 Å². The summed E-state index contributed by atoms with van der Waals surface area (Å²) in [4.78, 5) is 13.2. The van der Waals surface area contributed by atoms with Crippen molar-refractivity contribution in [3.05, 3.63) is 29.8 Å². The first-order valence-electron chi connectivity index (χ1n) is 7.90. The number of carbonyl (C=O) groups excluding carboxylic acids is 1. The van der Waals surface area contributed by atoms with Gasteiger partial charge < -0.3 is 9.53 Å². The van der Waals surface area contributed by atoms with E-state index in [0.29, 0.717) is 6.61 Å². The first-order chi connectivity index (χ1) is 9.99. The number of carbonyl (C=O) groups is 1. The molecule has 1 aromatic rings. The molecule has 0 aliphatic carbocycles. The SMILES string of the molecule is CC(C)(C)c1ccc(OCCN2CCCC(C=O)C2)cc1. The summed E-state index contributed by atoms with van der Waals surface area (Å²) in [6, 6.07) is 8.37. The number of benzene rings is 1. The Morgan fingerprint density at radius 3 is 2.62 bits per heavy atom. The summed E-state index contributed by atoms with van der Waals surface area (Å²) in [6.45, 7) is 10.2. The Bertz CT molecular complexity index is 447. The molecule has 21 heavy (non-hydrogen) atoms. The predicted molar refractivity (Wildman–Crippen MR) is 85.9 cm³/mol. The Hall–Kier alpha value is -1.35. The fraction of sp³-hybridized carbons (Fsp3) is 0.611. The Morgan fingerprint density at radius 2 is 2.00 bits per heavy atom. The average molecular weight is 289 g/mol. The van der Waals surface area contributed by atoms with Gasteiger partial charge in [0.05, 0.1) is 0 Å². The first kappa shape index (κ1) is 16.0. The van der Waals surface area contributed by atoms with Gasteiger partial charge in [0.1, 0.15) is 18.6 Å². The topological polar surface area (TPSA) is 29.5 Å². The van der Waals surface area contributed by atoms with E-state index in [9.17, 15) is 4.79 Å². The lowest BCUT2D eigenvalue weighted by Gasteiger charge is -2.29. The molecule has 0 aromatic heterocycles. The van der Waals surface area contributed by atoms with Crippen molar-refractivity contribution in [3.8, 4) is 5.75 Å². The third kappa shape index (κ3) is 4.85. The van der Waals surface area contributed by atoms with Crippen LogP contribution in [0.25, 0.3) is 0 Å². The Balaban J connectivity index is 1.77. The standard InChI is InChI=1S/C18H27NO2/c1-18(2,3)16-6-8-17(9-7-16)21-12-11-19-10-4-5-15(13-19)14-20/h6-9,14-15H,4-5,10-13H2,1-3H3. The van der Waals surface area contributed by atoms with Crippen molar-refractivity contribution in [1.29, 1.82) is 0 Å². The first-order valence-corrected chi connectivity index (χ1v) is 7.90. The van der Waals surface area contributed by atoms with E-state index in [1.165, 1.54) is 5.56 Å². The second-order valence-electron chi connectivity index (χ2n) is 6.96. The molecule has 1 atom stereocenters. The van der Waals surface area contributed by atoms with Crippen LogP contribution in [0.1, 0.15) is 39.2 Å². The van der Waals surface area contributed by atoms with Crippen LogP contribution in [0, 0.1) is 5.92 Å². The molecule has 1 aromatic carbocycles. The van der Waals surface area contributed by atoms with Crippen molar-refractivity contribution in [2.75, 3.05) is 26.2 Å². The fourth-order valence-electron chi connectivity index (χ4n) is 2.75. The summed E-state index contributed by atoms with van der Waals surface area (Å²) in [5, 5.41) is 0. The molecule has 0 radical (unpaired) electrons. The van der Waals surface area contributed by atoms with Gasteiger partial charge in [-0.15, -0.1) is 0 Å². The Labute approximate surface area is 128 Å². The highest BCUT2D eigenvalue weighted by Crippen LogP contribution is 2.24. The van der Waals surface area contributed by atoms with E-state index >= 15 is 0 Å². The van der Waals surface area contributed by atoms with Crippen LogP contribution in [0.2, 0.25) is 0 Å². The van der Waals surface area contributed by atoms with Crippen molar-refractivity contribution in [1.82, 2.24) is 4.90 Å². The van der Waals surface area contributed by atoms with Gasteiger partial charge in [-0.1, -0.05) is 32.9 Å². The molecule has 0 N–H and O–H groups in total. The van der Waals surface area contributed by atoms with E-state index < -0.39 is 0 Å². The molecular formula is C18H27NO2. The van der Waals surface area contributed by atoms with Crippen LogP contribution in [0.3, 0.4) is 0 Å². The van der Waals surface area contributed by atoms with Crippen LogP contribution in [0.4, 0.5) is 0 Å². The predicted octanol–water partition coefficient (Wildman–Crippen LogP) is 3.27. The second kappa shape index (κ2) is 7.08. The van der Waals surface area contributed by atoms with Crippen molar-refractivity contribution in [2.45, 2.75) is 39.0 Å². The van der Waals surface area contributed by atoms with Gasteiger partial charge in [0.25, 0.3) is 0 Å². The van der Waals surface area contributed by atoms with Crippen LogP contribution in [-0.2, 0) is 10.2 Å². The largest absolute Gasteiger partial charge is 0.492 e. The maximum absolute atomic E-state index is 10.9. The molecule has 2 rings (SSSR count). The minimum Gasteiger partial charge on any atom is -0.492 e. The van der Waals surface area contributed by atoms with E-state index in [1.54, 1.807) is 0 Å². The molecule has 1 aliphatic heterocycles. The number of rotatable bonds is 5. The molecule has 1 unspecified atom stereocenters. The van der Waals surface area contributed by atoms with Gasteiger partial charge in [-0.3, -0.25) is 4.90 Å². The molecule has 1 aliphatic rings. The minimum absolute atomic E-state index is 0.177. The minimum atomic E-state index is 0.177. The molecular weight excluding hydrogens is 262 g/mol. The van der Waals surface area contributed by atoms with Crippen LogP contribution in [0.5, 0.6) is 5.75 Å². The van der Waals surface area contributed by atoms with E-state index in [0.717, 1.165) is 44.5 Å². The van der Waals surface area contributed by atoms with Crippen molar-refractivity contribution in [3.63, 3.8) is 0 Å². The molecule has 1 saturated heterocycles. The van der Waals surface area contributed by atoms with Crippen LogP contribution < -0.4 is 4.74 Å². The van der Waals surface area contributed by atoms with Gasteiger partial charge in [-0.05, 0) is 42.5 Å². The molecule has 0 spiro atoms. The maximum Gasteiger partial charge on any atom is 0.124 e. The molecule has 1 heterocycles. The lowest BCUT2D eigenvalue weighted by Crippen LogP contribution is -2.38. The lowest BCUT2D eigenvalue weighted by molar-refractivity contribution is -0.112. The quantitative estimate of drug-likeness (QED) is 0.779. The van der Waals surface area contributed by atoms with Gasteiger partial charge in [0.15, 0.2) is 0 Å². The molecule has 3 nitrogen and oxygen atoms in total. The van der Waals surface area contributed by atoms with E-state index in [1.807, 2.05) is 12.1 Å². The molecule has 0 saturated carbocycles. The zero-order valence-corrected chi connectivity index (χ0v) is 13.5. The summed E-state index contributed by atoms with van der Waals surface area (Å²) in [7, 11) is 0. The number of nitrogens with zero attached hydrogens (tertiary/aromatic N) is 1. The van der Waals surface area contributed by atoms with Crippen molar-refractivity contribution >= 4 is 6.29 Å². The van der Waals surface area contributed by atoms with Gasteiger partial charge in [0, 0.05) is 19.0 Å². The molecule has 116 valence electrons. The number of aldehydes is 1. The fourth-order valence-corrected chi connectivity index (χ4v) is 2.75. The summed E-state index contributed by atoms with van der Waals surface area (Å²) in [6.07, 6.45) is 3.25. The van der Waals surface area contributed by atoms with E-state index in [2.05, 4.69) is 37.8 Å². The van der Waals surface area contributed by atoms with E-state index in [4.69, 9.17) is 4.74 Å². The summed E-state index contributed by atoms with van der Waals surface area (Å²) in [5.41, 5.74) is 1.50. The summed E-state index contributed by atoms with van der Waals surface area (Å²) < 4.78 is 5.82. The lowest BCUT2D eigenvalue weighted by atomic mass is 9.87. The van der Waals surface area contributed by atoms with E-state index in [-0.39, 0.29) is 11.3 Å². The highest BCUT2D eigenvalue weighted by Gasteiger charge is 2.18. The van der Waals surface area contributed by atoms with Crippen molar-refractivity contribution < 1.29 is 9.53 Å². The average Bonchev–Trinajstić information content (AvgIpc) is 2.47. The Kier molecular flexibility index (Phi) is 5.40. The normalized spacial score (nSPS) is 20.2.